The summed E-state index contributed by atoms with van der Waals surface area (Å²) in [7, 11) is 0. The molecule has 0 aromatic heterocycles. The molecule has 0 radical (unpaired) electrons. The molecule has 0 saturated carbocycles. The van der Waals surface area contributed by atoms with Crippen molar-refractivity contribution in [2.45, 2.75) is 26.3 Å². The third-order valence-corrected chi connectivity index (χ3v) is 2.91. The molecule has 0 aliphatic carbocycles. The molecule has 0 aliphatic rings. The lowest BCUT2D eigenvalue weighted by molar-refractivity contribution is -0.150. The zero-order valence-corrected chi connectivity index (χ0v) is 11.1. The van der Waals surface area contributed by atoms with Gasteiger partial charge in [0.15, 0.2) is 0 Å². The highest BCUT2D eigenvalue weighted by Crippen LogP contribution is 2.25. The van der Waals surface area contributed by atoms with E-state index in [0.717, 1.165) is 11.1 Å². The number of ether oxygens (including phenoxy) is 1. The van der Waals surface area contributed by atoms with Crippen molar-refractivity contribution in [3.63, 3.8) is 0 Å². The van der Waals surface area contributed by atoms with Crippen LogP contribution in [0.25, 0.3) is 0 Å². The molecular formula is C15H19NO2. The van der Waals surface area contributed by atoms with E-state index in [1.54, 1.807) is 13.8 Å². The van der Waals surface area contributed by atoms with E-state index < -0.39 is 5.54 Å². The van der Waals surface area contributed by atoms with Crippen LogP contribution in [0.5, 0.6) is 0 Å². The fourth-order valence-electron chi connectivity index (χ4n) is 1.91. The van der Waals surface area contributed by atoms with Crippen LogP contribution in [0.4, 0.5) is 0 Å². The van der Waals surface area contributed by atoms with E-state index in [4.69, 9.17) is 11.2 Å². The molecule has 1 unspecified atom stereocenters. The lowest BCUT2D eigenvalue weighted by Gasteiger charge is -2.29. The third-order valence-electron chi connectivity index (χ3n) is 2.91. The number of esters is 1. The molecule has 1 rings (SSSR count). The number of carbonyl (C=O) groups is 1. The van der Waals surface area contributed by atoms with Gasteiger partial charge in [0.05, 0.1) is 13.2 Å². The Morgan fingerprint density at radius 1 is 1.50 bits per heavy atom. The first-order chi connectivity index (χ1) is 8.56. The van der Waals surface area contributed by atoms with Crippen molar-refractivity contribution in [3.05, 3.63) is 35.4 Å². The predicted octanol–water partition coefficient (Wildman–Crippen LogP) is 2.00. The zero-order valence-electron chi connectivity index (χ0n) is 11.1. The number of nitrogens with one attached hydrogen (secondary N) is 1. The molecule has 0 saturated heterocycles. The molecule has 0 bridgehead atoms. The second-order valence-electron chi connectivity index (χ2n) is 4.22. The van der Waals surface area contributed by atoms with Crippen molar-refractivity contribution >= 4 is 5.97 Å². The van der Waals surface area contributed by atoms with Gasteiger partial charge in [-0.25, -0.2) is 4.79 Å². The lowest BCUT2D eigenvalue weighted by atomic mass is 9.88. The Morgan fingerprint density at radius 3 is 2.72 bits per heavy atom. The zero-order chi connectivity index (χ0) is 13.6. The SMILES string of the molecule is C#CCNC(C)(C(=O)OCC)c1ccccc1C. The highest BCUT2D eigenvalue weighted by molar-refractivity contribution is 5.82. The molecule has 1 N–H and O–H groups in total. The number of rotatable bonds is 5. The Bertz CT molecular complexity index is 462. The Labute approximate surface area is 109 Å². The predicted molar refractivity (Wildman–Crippen MR) is 72.0 cm³/mol. The minimum absolute atomic E-state index is 0.309. The standard InChI is InChI=1S/C15H19NO2/c1-5-11-16-15(4,14(17)18-6-2)13-10-8-7-9-12(13)3/h1,7-10,16H,6,11H2,2-4H3. The maximum Gasteiger partial charge on any atom is 0.330 e. The fourth-order valence-corrected chi connectivity index (χ4v) is 1.91. The summed E-state index contributed by atoms with van der Waals surface area (Å²) in [5.74, 6) is 2.18. The number of hydrogen-bond acceptors (Lipinski definition) is 3. The van der Waals surface area contributed by atoms with Crippen LogP contribution in [-0.2, 0) is 15.1 Å². The molecular weight excluding hydrogens is 226 g/mol. The van der Waals surface area contributed by atoms with E-state index in [-0.39, 0.29) is 5.97 Å². The molecule has 3 nitrogen and oxygen atoms in total. The second-order valence-corrected chi connectivity index (χ2v) is 4.22. The summed E-state index contributed by atoms with van der Waals surface area (Å²) in [4.78, 5) is 12.2. The van der Waals surface area contributed by atoms with Crippen molar-refractivity contribution in [1.29, 1.82) is 0 Å². The van der Waals surface area contributed by atoms with E-state index in [9.17, 15) is 4.79 Å². The van der Waals surface area contributed by atoms with Crippen LogP contribution in [0.3, 0.4) is 0 Å². The summed E-state index contributed by atoms with van der Waals surface area (Å²) in [5.41, 5.74) is 1.00. The number of carbonyl (C=O) groups excluding carboxylic acids is 1. The highest BCUT2D eigenvalue weighted by atomic mass is 16.5. The van der Waals surface area contributed by atoms with Gasteiger partial charge < -0.3 is 4.74 Å². The summed E-state index contributed by atoms with van der Waals surface area (Å²) in [5, 5.41) is 3.08. The van der Waals surface area contributed by atoms with E-state index in [0.29, 0.717) is 13.2 Å². The van der Waals surface area contributed by atoms with Crippen LogP contribution < -0.4 is 5.32 Å². The van der Waals surface area contributed by atoms with Gasteiger partial charge in [-0.05, 0) is 31.9 Å². The van der Waals surface area contributed by atoms with Crippen molar-refractivity contribution in [3.8, 4) is 12.3 Å². The van der Waals surface area contributed by atoms with E-state index in [1.165, 1.54) is 0 Å². The van der Waals surface area contributed by atoms with Crippen LogP contribution in [0.15, 0.2) is 24.3 Å². The molecule has 3 heteroatoms. The van der Waals surface area contributed by atoms with Gasteiger partial charge in [0.25, 0.3) is 0 Å². The molecule has 96 valence electrons. The van der Waals surface area contributed by atoms with Gasteiger partial charge in [-0.3, -0.25) is 5.32 Å². The van der Waals surface area contributed by atoms with E-state index >= 15 is 0 Å². The van der Waals surface area contributed by atoms with Crippen molar-refractivity contribution < 1.29 is 9.53 Å². The van der Waals surface area contributed by atoms with Crippen LogP contribution in [0.2, 0.25) is 0 Å². The lowest BCUT2D eigenvalue weighted by Crippen LogP contribution is -2.48. The first kappa shape index (κ1) is 14.3. The monoisotopic (exact) mass is 245 g/mol. The quantitative estimate of drug-likeness (QED) is 0.637. The van der Waals surface area contributed by atoms with Gasteiger partial charge in [-0.1, -0.05) is 30.2 Å². The average Bonchev–Trinajstić information content (AvgIpc) is 2.36. The summed E-state index contributed by atoms with van der Waals surface area (Å²) in [6, 6.07) is 7.71. The highest BCUT2D eigenvalue weighted by Gasteiger charge is 2.37. The van der Waals surface area contributed by atoms with Crippen LogP contribution >= 0.6 is 0 Å². The Morgan fingerprint density at radius 2 is 2.17 bits per heavy atom. The van der Waals surface area contributed by atoms with E-state index in [1.807, 2.05) is 31.2 Å². The summed E-state index contributed by atoms with van der Waals surface area (Å²) >= 11 is 0. The van der Waals surface area contributed by atoms with Crippen molar-refractivity contribution in [2.24, 2.45) is 0 Å². The minimum Gasteiger partial charge on any atom is -0.464 e. The average molecular weight is 245 g/mol. The normalized spacial score (nSPS) is 13.4. The minimum atomic E-state index is -0.909. The largest absolute Gasteiger partial charge is 0.464 e. The van der Waals surface area contributed by atoms with Gasteiger partial charge in [-0.15, -0.1) is 6.42 Å². The molecule has 1 aromatic carbocycles. The molecule has 0 spiro atoms. The maximum absolute atomic E-state index is 12.2. The van der Waals surface area contributed by atoms with Gasteiger partial charge >= 0.3 is 5.97 Å². The van der Waals surface area contributed by atoms with Gasteiger partial charge in [0.1, 0.15) is 5.54 Å². The van der Waals surface area contributed by atoms with Gasteiger partial charge in [-0.2, -0.15) is 0 Å². The van der Waals surface area contributed by atoms with Crippen LogP contribution in [0.1, 0.15) is 25.0 Å². The fraction of sp³-hybridized carbons (Fsp3) is 0.400. The molecule has 1 atom stereocenters. The maximum atomic E-state index is 12.2. The molecule has 1 aromatic rings. The van der Waals surface area contributed by atoms with Gasteiger partial charge in [0.2, 0.25) is 0 Å². The summed E-state index contributed by atoms with van der Waals surface area (Å²) < 4.78 is 5.14. The molecule has 0 aliphatic heterocycles. The Kier molecular flexibility index (Phi) is 4.94. The molecule has 18 heavy (non-hydrogen) atoms. The van der Waals surface area contributed by atoms with Crippen LogP contribution in [-0.4, -0.2) is 19.1 Å². The summed E-state index contributed by atoms with van der Waals surface area (Å²) in [6.07, 6.45) is 5.26. The topological polar surface area (TPSA) is 38.3 Å². The van der Waals surface area contributed by atoms with Crippen molar-refractivity contribution in [1.82, 2.24) is 5.32 Å². The first-order valence-electron chi connectivity index (χ1n) is 5.98. The number of aryl methyl sites for hydroxylation is 1. The van der Waals surface area contributed by atoms with Crippen LogP contribution in [0, 0.1) is 19.3 Å². The van der Waals surface area contributed by atoms with Crippen molar-refractivity contribution in [2.75, 3.05) is 13.2 Å². The third kappa shape index (κ3) is 2.91. The smallest absolute Gasteiger partial charge is 0.330 e. The molecule has 0 amide bonds. The summed E-state index contributed by atoms with van der Waals surface area (Å²) in [6.45, 7) is 6.20. The number of hydrogen-bond donors (Lipinski definition) is 1. The molecule has 0 heterocycles. The molecule has 0 fully saturated rings. The number of benzene rings is 1. The Balaban J connectivity index is 3.16. The van der Waals surface area contributed by atoms with E-state index in [2.05, 4.69) is 11.2 Å². The number of terminal acetylenes is 1. The second kappa shape index (κ2) is 6.23. The van der Waals surface area contributed by atoms with Gasteiger partial charge in [0, 0.05) is 0 Å². The first-order valence-corrected chi connectivity index (χ1v) is 5.98. The Hall–Kier alpha value is -1.79.